The van der Waals surface area contributed by atoms with Gasteiger partial charge in [-0.1, -0.05) is 23.2 Å². The van der Waals surface area contributed by atoms with Gasteiger partial charge in [0.25, 0.3) is 0 Å². The van der Waals surface area contributed by atoms with Crippen LogP contribution in [0.2, 0.25) is 10.0 Å². The maximum Gasteiger partial charge on any atom is 0.127 e. The first-order chi connectivity index (χ1) is 6.68. The molecule has 2 N–H and O–H groups in total. The average molecular weight is 228 g/mol. The van der Waals surface area contributed by atoms with Crippen LogP contribution in [0.3, 0.4) is 0 Å². The first-order valence-electron chi connectivity index (χ1n) is 3.93. The first-order valence-corrected chi connectivity index (χ1v) is 4.69. The topological polar surface area (TPSA) is 43.8 Å². The molecule has 0 fully saturated rings. The molecular formula is C9H7Cl2N3. The Bertz CT molecular complexity index is 465. The number of nitrogens with zero attached hydrogens (tertiary/aromatic N) is 2. The molecule has 2 aromatic rings. The molecule has 0 unspecified atom stereocenters. The number of benzene rings is 1. The van der Waals surface area contributed by atoms with Gasteiger partial charge in [-0.15, -0.1) is 0 Å². The lowest BCUT2D eigenvalue weighted by molar-refractivity contribution is 0.891. The first kappa shape index (κ1) is 9.37. The van der Waals surface area contributed by atoms with Crippen molar-refractivity contribution < 1.29 is 0 Å². The highest BCUT2D eigenvalue weighted by atomic mass is 35.5. The lowest BCUT2D eigenvalue weighted by Crippen LogP contribution is -2.01. The average Bonchev–Trinajstić information content (AvgIpc) is 2.56. The van der Waals surface area contributed by atoms with Gasteiger partial charge in [0, 0.05) is 11.1 Å². The van der Waals surface area contributed by atoms with Crippen molar-refractivity contribution in [3.8, 4) is 5.69 Å². The van der Waals surface area contributed by atoms with E-state index in [4.69, 9.17) is 28.9 Å². The molecule has 1 aromatic carbocycles. The number of hydrogen-bond donors (Lipinski definition) is 1. The molecule has 72 valence electrons. The summed E-state index contributed by atoms with van der Waals surface area (Å²) < 4.78 is 1.54. The molecule has 0 amide bonds. The SMILES string of the molecule is Nc1ccnn1-c1cc(Cl)ccc1Cl. The molecule has 0 saturated carbocycles. The summed E-state index contributed by atoms with van der Waals surface area (Å²) in [5.41, 5.74) is 6.37. The number of nitrogen functional groups attached to an aromatic ring is 1. The fourth-order valence-corrected chi connectivity index (χ4v) is 1.53. The molecule has 14 heavy (non-hydrogen) atoms. The molecule has 0 aliphatic heterocycles. The van der Waals surface area contributed by atoms with Crippen molar-refractivity contribution in [1.82, 2.24) is 9.78 Å². The van der Waals surface area contributed by atoms with Gasteiger partial charge in [0.1, 0.15) is 5.82 Å². The van der Waals surface area contributed by atoms with Crippen LogP contribution < -0.4 is 5.73 Å². The quantitative estimate of drug-likeness (QED) is 0.815. The van der Waals surface area contributed by atoms with E-state index in [-0.39, 0.29) is 0 Å². The van der Waals surface area contributed by atoms with Gasteiger partial charge in [-0.2, -0.15) is 5.10 Å². The summed E-state index contributed by atoms with van der Waals surface area (Å²) in [7, 11) is 0. The maximum absolute atomic E-state index is 5.98. The van der Waals surface area contributed by atoms with Crippen molar-refractivity contribution in [2.45, 2.75) is 0 Å². The van der Waals surface area contributed by atoms with Crippen molar-refractivity contribution in [2.24, 2.45) is 0 Å². The second kappa shape index (κ2) is 3.52. The standard InChI is InChI=1S/C9H7Cl2N3/c10-6-1-2-7(11)8(5-6)14-9(12)3-4-13-14/h1-5H,12H2. The molecule has 2 rings (SSSR count). The summed E-state index contributed by atoms with van der Waals surface area (Å²) in [6.45, 7) is 0. The van der Waals surface area contributed by atoms with E-state index >= 15 is 0 Å². The third kappa shape index (κ3) is 1.56. The molecule has 0 aliphatic carbocycles. The van der Waals surface area contributed by atoms with E-state index < -0.39 is 0 Å². The summed E-state index contributed by atoms with van der Waals surface area (Å²) in [5, 5.41) is 5.19. The maximum atomic E-state index is 5.98. The Kier molecular flexibility index (Phi) is 2.35. The smallest absolute Gasteiger partial charge is 0.127 e. The van der Waals surface area contributed by atoms with Gasteiger partial charge in [0.05, 0.1) is 16.9 Å². The Labute approximate surface area is 91.0 Å². The number of nitrogens with two attached hydrogens (primary N) is 1. The molecule has 0 radical (unpaired) electrons. The van der Waals surface area contributed by atoms with E-state index in [1.54, 1.807) is 30.5 Å². The van der Waals surface area contributed by atoms with Crippen LogP contribution in [0.5, 0.6) is 0 Å². The third-order valence-electron chi connectivity index (χ3n) is 1.81. The number of hydrogen-bond acceptors (Lipinski definition) is 2. The fraction of sp³-hybridized carbons (Fsp3) is 0. The highest BCUT2D eigenvalue weighted by Crippen LogP contribution is 2.25. The zero-order valence-electron chi connectivity index (χ0n) is 7.11. The van der Waals surface area contributed by atoms with E-state index in [9.17, 15) is 0 Å². The van der Waals surface area contributed by atoms with Crippen LogP contribution in [-0.4, -0.2) is 9.78 Å². The molecule has 1 heterocycles. The molecule has 0 spiro atoms. The minimum absolute atomic E-state index is 0.522. The van der Waals surface area contributed by atoms with Crippen LogP contribution in [0.1, 0.15) is 0 Å². The van der Waals surface area contributed by atoms with Gasteiger partial charge in [0.2, 0.25) is 0 Å². The van der Waals surface area contributed by atoms with Gasteiger partial charge in [-0.25, -0.2) is 4.68 Å². The van der Waals surface area contributed by atoms with Crippen molar-refractivity contribution in [3.05, 3.63) is 40.5 Å². The van der Waals surface area contributed by atoms with Crippen LogP contribution in [0.15, 0.2) is 30.5 Å². The Balaban J connectivity index is 2.62. The van der Waals surface area contributed by atoms with Gasteiger partial charge in [0.15, 0.2) is 0 Å². The monoisotopic (exact) mass is 227 g/mol. The molecule has 3 nitrogen and oxygen atoms in total. The van der Waals surface area contributed by atoms with Gasteiger partial charge in [-0.3, -0.25) is 0 Å². The second-order valence-electron chi connectivity index (χ2n) is 2.76. The van der Waals surface area contributed by atoms with Crippen LogP contribution >= 0.6 is 23.2 Å². The summed E-state index contributed by atoms with van der Waals surface area (Å²) in [6, 6.07) is 6.83. The van der Waals surface area contributed by atoms with Crippen molar-refractivity contribution >= 4 is 29.0 Å². The van der Waals surface area contributed by atoms with E-state index in [0.29, 0.717) is 21.6 Å². The molecular weight excluding hydrogens is 221 g/mol. The summed E-state index contributed by atoms with van der Waals surface area (Å²) >= 11 is 11.8. The molecule has 0 bridgehead atoms. The highest BCUT2D eigenvalue weighted by Gasteiger charge is 2.06. The lowest BCUT2D eigenvalue weighted by Gasteiger charge is -2.06. The van der Waals surface area contributed by atoms with Crippen LogP contribution in [-0.2, 0) is 0 Å². The zero-order valence-corrected chi connectivity index (χ0v) is 8.63. The zero-order chi connectivity index (χ0) is 10.1. The van der Waals surface area contributed by atoms with E-state index in [2.05, 4.69) is 5.10 Å². The van der Waals surface area contributed by atoms with E-state index in [1.807, 2.05) is 0 Å². The number of rotatable bonds is 1. The largest absolute Gasteiger partial charge is 0.384 e. The van der Waals surface area contributed by atoms with Gasteiger partial charge in [-0.05, 0) is 18.2 Å². The van der Waals surface area contributed by atoms with E-state index in [1.165, 1.54) is 4.68 Å². The van der Waals surface area contributed by atoms with E-state index in [0.717, 1.165) is 0 Å². The number of anilines is 1. The van der Waals surface area contributed by atoms with Crippen LogP contribution in [0.4, 0.5) is 5.82 Å². The van der Waals surface area contributed by atoms with Crippen molar-refractivity contribution in [1.29, 1.82) is 0 Å². The predicted octanol–water partition coefficient (Wildman–Crippen LogP) is 2.76. The minimum Gasteiger partial charge on any atom is -0.384 e. The Hall–Kier alpha value is -1.19. The molecule has 0 aliphatic rings. The summed E-state index contributed by atoms with van der Waals surface area (Å²) in [5.74, 6) is 0.522. The predicted molar refractivity (Wildman–Crippen MR) is 58.0 cm³/mol. The highest BCUT2D eigenvalue weighted by molar-refractivity contribution is 6.34. The fourth-order valence-electron chi connectivity index (χ4n) is 1.16. The normalized spacial score (nSPS) is 10.4. The Morgan fingerprint density at radius 3 is 2.64 bits per heavy atom. The Morgan fingerprint density at radius 2 is 2.00 bits per heavy atom. The van der Waals surface area contributed by atoms with Crippen molar-refractivity contribution in [3.63, 3.8) is 0 Å². The molecule has 1 aromatic heterocycles. The molecule has 0 atom stereocenters. The Morgan fingerprint density at radius 1 is 1.21 bits per heavy atom. The van der Waals surface area contributed by atoms with Crippen molar-refractivity contribution in [2.75, 3.05) is 5.73 Å². The summed E-state index contributed by atoms with van der Waals surface area (Å²) in [4.78, 5) is 0. The van der Waals surface area contributed by atoms with Gasteiger partial charge < -0.3 is 5.73 Å². The number of halogens is 2. The molecule has 0 saturated heterocycles. The van der Waals surface area contributed by atoms with Gasteiger partial charge >= 0.3 is 0 Å². The third-order valence-corrected chi connectivity index (χ3v) is 2.36. The lowest BCUT2D eigenvalue weighted by atomic mass is 10.3. The minimum atomic E-state index is 0.522. The summed E-state index contributed by atoms with van der Waals surface area (Å²) in [6.07, 6.45) is 1.60. The second-order valence-corrected chi connectivity index (χ2v) is 3.61. The van der Waals surface area contributed by atoms with Crippen LogP contribution in [0.25, 0.3) is 5.69 Å². The number of aromatic nitrogens is 2. The van der Waals surface area contributed by atoms with Crippen LogP contribution in [0, 0.1) is 0 Å². The molecule has 5 heteroatoms.